The first kappa shape index (κ1) is 56.9. The van der Waals surface area contributed by atoms with Gasteiger partial charge in [-0.05, 0) is 54.1 Å². The van der Waals surface area contributed by atoms with Crippen molar-refractivity contribution in [2.75, 3.05) is 82.8 Å². The molecule has 0 saturated carbocycles. The number of nitrogens with zero attached hydrogens (tertiary/aromatic N) is 2. The van der Waals surface area contributed by atoms with Crippen molar-refractivity contribution in [3.05, 3.63) is 89.1 Å². The van der Waals surface area contributed by atoms with Crippen molar-refractivity contribution in [2.45, 2.75) is 47.5 Å². The molecule has 3 aromatic rings. The number of ketones is 2. The predicted octanol–water partition coefficient (Wildman–Crippen LogP) is 4.71. The highest BCUT2D eigenvalue weighted by Gasteiger charge is 2.25. The Labute approximate surface area is 428 Å². The fourth-order valence-electron chi connectivity index (χ4n) is 7.04. The molecule has 0 aromatic heterocycles. The fraction of sp³-hybridized carbons (Fsp3) is 0.346. The molecule has 2 aliphatic rings. The zero-order valence-electron chi connectivity index (χ0n) is 41.7. The first-order valence-electron chi connectivity index (χ1n) is 23.0. The normalized spacial score (nSPS) is 10.6. The van der Waals surface area contributed by atoms with Gasteiger partial charge in [-0.2, -0.15) is 0 Å². The molecule has 0 bridgehead atoms. The van der Waals surface area contributed by atoms with E-state index >= 15 is 0 Å². The van der Waals surface area contributed by atoms with Crippen LogP contribution >= 0.6 is 0 Å². The number of esters is 7. The highest BCUT2D eigenvalue weighted by atomic mass is 16.7. The Bertz CT molecular complexity index is 2840. The highest BCUT2D eigenvalue weighted by molar-refractivity contribution is 6.03. The standard InChI is InChI=1S/C52H54N2O21/c1-32(55)65-18-16-39(61)25-53(27-50(63)73-30-70-35(4)58)44-8-6-7-9-46(44)67-20-21-68-49-22-37(10-15-45(49)54(26-40(62)17-19-66-33(2)56)28-51(64)74-31-71-36(5)59)52-42-13-11-38(60)23-47(42)75-48-24-41(12-14-43(48)52)72-29-69-34(3)57/h6-15,22-24H,16-21,25-31H2,1-5H3. The van der Waals surface area contributed by atoms with Gasteiger partial charge in [0.2, 0.25) is 20.4 Å². The van der Waals surface area contributed by atoms with Gasteiger partial charge in [0.05, 0.1) is 37.7 Å². The Morgan fingerprint density at radius 3 is 1.59 bits per heavy atom. The third kappa shape index (κ3) is 18.5. The number of rotatable bonds is 29. The number of hydrogen-bond acceptors (Lipinski definition) is 23. The summed E-state index contributed by atoms with van der Waals surface area (Å²) in [5.41, 5.74) is 1.94. The molecule has 0 unspecified atom stereocenters. The molecule has 5 rings (SSSR count). The van der Waals surface area contributed by atoms with E-state index in [9.17, 15) is 47.9 Å². The zero-order valence-corrected chi connectivity index (χ0v) is 41.7. The third-order valence-corrected chi connectivity index (χ3v) is 10.3. The minimum Gasteiger partial charge on any atom is -0.488 e. The van der Waals surface area contributed by atoms with Crippen molar-refractivity contribution >= 4 is 75.7 Å². The van der Waals surface area contributed by atoms with Crippen LogP contribution in [0.4, 0.5) is 11.4 Å². The average molecular weight is 1040 g/mol. The van der Waals surface area contributed by atoms with Gasteiger partial charge in [-0.1, -0.05) is 18.2 Å². The van der Waals surface area contributed by atoms with Crippen LogP contribution in [0.15, 0.2) is 88.1 Å². The number of anilines is 2. The Morgan fingerprint density at radius 1 is 0.480 bits per heavy atom. The van der Waals surface area contributed by atoms with Crippen LogP contribution in [-0.2, 0) is 76.3 Å². The van der Waals surface area contributed by atoms with Crippen molar-refractivity contribution in [1.29, 1.82) is 0 Å². The number of ether oxygens (including phenoxy) is 10. The molecule has 0 saturated heterocycles. The van der Waals surface area contributed by atoms with Gasteiger partial charge in [0.25, 0.3) is 0 Å². The molecular weight excluding hydrogens is 989 g/mol. The summed E-state index contributed by atoms with van der Waals surface area (Å²) in [6.45, 7) is 1.40. The summed E-state index contributed by atoms with van der Waals surface area (Å²) in [7, 11) is 0. The molecule has 1 heterocycles. The molecule has 23 heteroatoms. The van der Waals surface area contributed by atoms with E-state index in [0.717, 1.165) is 13.8 Å². The van der Waals surface area contributed by atoms with E-state index in [0.29, 0.717) is 22.1 Å². The molecule has 1 aliphatic carbocycles. The maximum atomic E-state index is 13.5. The second-order valence-electron chi connectivity index (χ2n) is 16.0. The van der Waals surface area contributed by atoms with Gasteiger partial charge in [0, 0.05) is 76.1 Å². The van der Waals surface area contributed by atoms with Crippen LogP contribution in [0, 0.1) is 0 Å². The number of Topliss-reactive ketones (excluding diaryl/α,β-unsaturated/α-hetero) is 2. The summed E-state index contributed by atoms with van der Waals surface area (Å²) in [6, 6.07) is 20.4. The summed E-state index contributed by atoms with van der Waals surface area (Å²) in [5.74, 6) is -5.00. The topological polar surface area (TPSA) is 283 Å². The van der Waals surface area contributed by atoms with E-state index in [1.807, 2.05) is 0 Å². The summed E-state index contributed by atoms with van der Waals surface area (Å²) in [4.78, 5) is 125. The third-order valence-electron chi connectivity index (χ3n) is 10.3. The number of carbonyl (C=O) groups excluding carboxylic acids is 9. The smallest absolute Gasteiger partial charge is 0.328 e. The molecule has 0 amide bonds. The van der Waals surface area contributed by atoms with Crippen molar-refractivity contribution in [1.82, 2.24) is 0 Å². The maximum absolute atomic E-state index is 13.5. The first-order valence-corrected chi connectivity index (χ1v) is 23.0. The van der Waals surface area contributed by atoms with Gasteiger partial charge >= 0.3 is 41.8 Å². The van der Waals surface area contributed by atoms with Crippen molar-refractivity contribution in [3.63, 3.8) is 0 Å². The maximum Gasteiger partial charge on any atom is 0.328 e. The molecule has 0 spiro atoms. The lowest BCUT2D eigenvalue weighted by molar-refractivity contribution is -0.166. The van der Waals surface area contributed by atoms with E-state index in [-0.39, 0.29) is 98.0 Å². The Morgan fingerprint density at radius 2 is 1.01 bits per heavy atom. The quantitative estimate of drug-likeness (QED) is 0.0206. The van der Waals surface area contributed by atoms with Crippen molar-refractivity contribution in [3.8, 4) is 39.7 Å². The van der Waals surface area contributed by atoms with Gasteiger partial charge in [0.1, 0.15) is 54.9 Å². The molecule has 0 atom stereocenters. The van der Waals surface area contributed by atoms with Crippen LogP contribution in [0.25, 0.3) is 33.4 Å². The van der Waals surface area contributed by atoms with Crippen LogP contribution in [0.3, 0.4) is 0 Å². The predicted molar refractivity (Wildman–Crippen MR) is 262 cm³/mol. The monoisotopic (exact) mass is 1040 g/mol. The molecular formula is C52H54N2O21. The lowest BCUT2D eigenvalue weighted by atomic mass is 9.93. The second-order valence-corrected chi connectivity index (χ2v) is 16.0. The molecule has 398 valence electrons. The molecule has 0 N–H and O–H groups in total. The van der Waals surface area contributed by atoms with E-state index in [2.05, 4.69) is 0 Å². The van der Waals surface area contributed by atoms with Crippen LogP contribution in [-0.4, -0.2) is 126 Å². The lowest BCUT2D eigenvalue weighted by Gasteiger charge is -2.27. The van der Waals surface area contributed by atoms with Crippen molar-refractivity contribution in [2.24, 2.45) is 0 Å². The molecule has 0 fully saturated rings. The van der Waals surface area contributed by atoms with E-state index in [4.69, 9.17) is 51.8 Å². The van der Waals surface area contributed by atoms with Gasteiger partial charge < -0.3 is 61.6 Å². The molecule has 75 heavy (non-hydrogen) atoms. The Kier molecular flexibility index (Phi) is 21.5. The highest BCUT2D eigenvalue weighted by Crippen LogP contribution is 2.43. The van der Waals surface area contributed by atoms with Crippen LogP contribution < -0.4 is 29.4 Å². The van der Waals surface area contributed by atoms with Gasteiger partial charge in [-0.25, -0.2) is 0 Å². The summed E-state index contributed by atoms with van der Waals surface area (Å²) >= 11 is 0. The molecule has 1 aliphatic heterocycles. The largest absolute Gasteiger partial charge is 0.488 e. The lowest BCUT2D eigenvalue weighted by Crippen LogP contribution is -2.36. The zero-order chi connectivity index (χ0) is 54.4. The SMILES string of the molecule is CC(=O)OCCC(=O)CN(CC(=O)OCOC(C)=O)c1ccccc1OCCOc1cc(-c2c3ccc(=O)cc-3oc3cc(OCOC(C)=O)ccc23)ccc1N(CC(=O)CCOC(C)=O)CC(=O)OCOC(C)=O. The van der Waals surface area contributed by atoms with Crippen molar-refractivity contribution < 1.29 is 94.9 Å². The molecule has 0 radical (unpaired) electrons. The number of benzene rings is 4. The second kappa shape index (κ2) is 28.3. The van der Waals surface area contributed by atoms with Crippen LogP contribution in [0.1, 0.15) is 47.5 Å². The minimum atomic E-state index is -0.898. The molecule has 23 nitrogen and oxygen atoms in total. The summed E-state index contributed by atoms with van der Waals surface area (Å²) < 4.78 is 59.0. The van der Waals surface area contributed by atoms with Crippen LogP contribution in [0.2, 0.25) is 0 Å². The summed E-state index contributed by atoms with van der Waals surface area (Å²) in [6.07, 6.45) is -0.399. The first-order chi connectivity index (χ1) is 35.9. The van der Waals surface area contributed by atoms with Gasteiger partial charge in [-0.15, -0.1) is 0 Å². The van der Waals surface area contributed by atoms with E-state index in [1.165, 1.54) is 42.7 Å². The number of fused-ring (bicyclic) bond motifs is 2. The fourth-order valence-corrected chi connectivity index (χ4v) is 7.04. The van der Waals surface area contributed by atoms with Gasteiger partial charge in [-0.3, -0.25) is 47.9 Å². The van der Waals surface area contributed by atoms with E-state index in [1.54, 1.807) is 66.7 Å². The Hall–Kier alpha value is -9.02. The number of carbonyl (C=O) groups is 9. The number of hydrogen-bond donors (Lipinski definition) is 0. The minimum absolute atomic E-state index is 0.0874. The number of para-hydroxylation sites is 2. The summed E-state index contributed by atoms with van der Waals surface area (Å²) in [5, 5.41) is 0.538. The Balaban J connectivity index is 1.54. The van der Waals surface area contributed by atoms with E-state index < -0.39 is 86.6 Å². The average Bonchev–Trinajstić information content (AvgIpc) is 3.33. The van der Waals surface area contributed by atoms with Crippen LogP contribution in [0.5, 0.6) is 17.2 Å². The molecule has 3 aromatic carbocycles. The van der Waals surface area contributed by atoms with Gasteiger partial charge in [0.15, 0.2) is 17.0 Å².